The number of rotatable bonds is 4. The van der Waals surface area contributed by atoms with Crippen molar-refractivity contribution in [2.45, 2.75) is 45.7 Å². The predicted molar refractivity (Wildman–Crippen MR) is 63.9 cm³/mol. The van der Waals surface area contributed by atoms with E-state index in [1.54, 1.807) is 0 Å². The first-order chi connectivity index (χ1) is 7.72. The van der Waals surface area contributed by atoms with E-state index < -0.39 is 0 Å². The van der Waals surface area contributed by atoms with Crippen LogP contribution in [0.3, 0.4) is 0 Å². The third-order valence-corrected chi connectivity index (χ3v) is 2.94. The topological polar surface area (TPSA) is 39.1 Å². The van der Waals surface area contributed by atoms with Crippen molar-refractivity contribution in [1.29, 1.82) is 0 Å². The fourth-order valence-corrected chi connectivity index (χ4v) is 1.99. The van der Waals surface area contributed by atoms with Crippen molar-refractivity contribution in [3.63, 3.8) is 0 Å². The van der Waals surface area contributed by atoms with E-state index in [-0.39, 0.29) is 0 Å². The van der Waals surface area contributed by atoms with Crippen LogP contribution in [0.15, 0.2) is 6.20 Å². The van der Waals surface area contributed by atoms with Crippen LogP contribution in [0.2, 0.25) is 0 Å². The largest absolute Gasteiger partial charge is 0.476 e. The summed E-state index contributed by atoms with van der Waals surface area (Å²) in [6.45, 7) is 9.23. The van der Waals surface area contributed by atoms with Gasteiger partial charge in [0.25, 0.3) is 0 Å². The Bertz CT molecular complexity index is 346. The molecule has 0 aliphatic carbocycles. The summed E-state index contributed by atoms with van der Waals surface area (Å²) in [6.07, 6.45) is 3.09. The Morgan fingerprint density at radius 3 is 3.12 bits per heavy atom. The van der Waals surface area contributed by atoms with Gasteiger partial charge in [0.2, 0.25) is 5.88 Å². The van der Waals surface area contributed by atoms with Crippen molar-refractivity contribution in [1.82, 2.24) is 15.1 Å². The third kappa shape index (κ3) is 2.21. The molecule has 16 heavy (non-hydrogen) atoms. The average Bonchev–Trinajstić information content (AvgIpc) is 2.69. The lowest BCUT2D eigenvalue weighted by molar-refractivity contribution is 0.181. The molecule has 0 aromatic carbocycles. The normalized spacial score (nSPS) is 19.6. The van der Waals surface area contributed by atoms with Gasteiger partial charge in [-0.1, -0.05) is 20.8 Å². The summed E-state index contributed by atoms with van der Waals surface area (Å²) in [5, 5.41) is 7.85. The Morgan fingerprint density at radius 2 is 2.44 bits per heavy atom. The third-order valence-electron chi connectivity index (χ3n) is 2.94. The van der Waals surface area contributed by atoms with E-state index in [0.29, 0.717) is 12.0 Å². The van der Waals surface area contributed by atoms with Gasteiger partial charge in [0.1, 0.15) is 6.61 Å². The van der Waals surface area contributed by atoms with Crippen LogP contribution >= 0.6 is 0 Å². The van der Waals surface area contributed by atoms with Crippen LogP contribution < -0.4 is 10.1 Å². The molecule has 1 atom stereocenters. The first kappa shape index (κ1) is 11.5. The summed E-state index contributed by atoms with van der Waals surface area (Å²) in [6, 6.07) is 0.396. The first-order valence-electron chi connectivity index (χ1n) is 6.14. The van der Waals surface area contributed by atoms with E-state index in [1.165, 1.54) is 5.56 Å². The Kier molecular flexibility index (Phi) is 3.49. The predicted octanol–water partition coefficient (Wildman–Crippen LogP) is 1.77. The highest BCUT2D eigenvalue weighted by molar-refractivity contribution is 5.28. The van der Waals surface area contributed by atoms with E-state index >= 15 is 0 Å². The Morgan fingerprint density at radius 1 is 1.62 bits per heavy atom. The smallest absolute Gasteiger partial charge is 0.215 e. The monoisotopic (exact) mass is 223 g/mol. The lowest BCUT2D eigenvalue weighted by atomic mass is 10.1. The second kappa shape index (κ2) is 4.87. The first-order valence-corrected chi connectivity index (χ1v) is 6.14. The summed E-state index contributed by atoms with van der Waals surface area (Å²) in [5.74, 6) is 1.44. The van der Waals surface area contributed by atoms with Crippen LogP contribution in [0, 0.1) is 0 Å². The van der Waals surface area contributed by atoms with Gasteiger partial charge in [-0.3, -0.25) is 0 Å². The Balaban J connectivity index is 2.05. The number of fused-ring (bicyclic) bond motifs is 1. The van der Waals surface area contributed by atoms with Crippen LogP contribution in [0.4, 0.5) is 0 Å². The summed E-state index contributed by atoms with van der Waals surface area (Å²) < 4.78 is 7.78. The van der Waals surface area contributed by atoms with Gasteiger partial charge in [-0.25, -0.2) is 4.68 Å². The van der Waals surface area contributed by atoms with Crippen molar-refractivity contribution in [2.24, 2.45) is 0 Å². The molecular formula is C12H21N3O. The lowest BCUT2D eigenvalue weighted by Gasteiger charge is -2.26. The molecule has 4 nitrogen and oxygen atoms in total. The number of nitrogens with zero attached hydrogens (tertiary/aromatic N) is 2. The molecule has 4 heteroatoms. The summed E-state index contributed by atoms with van der Waals surface area (Å²) in [7, 11) is 0. The molecule has 2 heterocycles. The zero-order valence-electron chi connectivity index (χ0n) is 10.4. The number of ether oxygens (including phenoxy) is 1. The summed E-state index contributed by atoms with van der Waals surface area (Å²) >= 11 is 0. The van der Waals surface area contributed by atoms with Gasteiger partial charge in [0.05, 0.1) is 18.8 Å². The molecule has 1 aromatic heterocycles. The van der Waals surface area contributed by atoms with Gasteiger partial charge in [0, 0.05) is 5.56 Å². The molecule has 0 spiro atoms. The van der Waals surface area contributed by atoms with Gasteiger partial charge in [-0.05, 0) is 18.9 Å². The van der Waals surface area contributed by atoms with E-state index in [0.717, 1.165) is 32.0 Å². The van der Waals surface area contributed by atoms with Gasteiger partial charge in [-0.2, -0.15) is 5.10 Å². The van der Waals surface area contributed by atoms with Crippen LogP contribution in [-0.2, 0) is 6.54 Å². The second-order valence-corrected chi connectivity index (χ2v) is 4.70. The molecule has 0 fully saturated rings. The Labute approximate surface area is 97.0 Å². The fourth-order valence-electron chi connectivity index (χ4n) is 1.99. The molecule has 1 unspecified atom stereocenters. The summed E-state index contributed by atoms with van der Waals surface area (Å²) in [5.41, 5.74) is 1.22. The highest BCUT2D eigenvalue weighted by Gasteiger charge is 2.23. The van der Waals surface area contributed by atoms with Crippen molar-refractivity contribution >= 4 is 0 Å². The van der Waals surface area contributed by atoms with E-state index in [2.05, 4.69) is 31.2 Å². The number of aromatic nitrogens is 2. The van der Waals surface area contributed by atoms with Crippen LogP contribution in [-0.4, -0.2) is 29.0 Å². The fraction of sp³-hybridized carbons (Fsp3) is 0.750. The minimum absolute atomic E-state index is 0.396. The molecule has 0 saturated carbocycles. The number of hydrogen-bond acceptors (Lipinski definition) is 3. The zero-order valence-corrected chi connectivity index (χ0v) is 10.4. The van der Waals surface area contributed by atoms with Crippen LogP contribution in [0.5, 0.6) is 5.88 Å². The maximum Gasteiger partial charge on any atom is 0.215 e. The average molecular weight is 223 g/mol. The highest BCUT2D eigenvalue weighted by atomic mass is 16.5. The quantitative estimate of drug-likeness (QED) is 0.845. The Hall–Kier alpha value is -1.03. The molecule has 1 aliphatic heterocycles. The molecule has 0 radical (unpaired) electrons. The highest BCUT2D eigenvalue weighted by Crippen LogP contribution is 2.28. The number of nitrogens with one attached hydrogen (secondary N) is 1. The molecule has 0 bridgehead atoms. The minimum atomic E-state index is 0.396. The van der Waals surface area contributed by atoms with Crippen molar-refractivity contribution < 1.29 is 4.74 Å². The van der Waals surface area contributed by atoms with E-state index in [1.807, 2.05) is 10.9 Å². The van der Waals surface area contributed by atoms with Gasteiger partial charge < -0.3 is 10.1 Å². The van der Waals surface area contributed by atoms with Crippen molar-refractivity contribution in [2.75, 3.05) is 13.2 Å². The van der Waals surface area contributed by atoms with Crippen LogP contribution in [0.25, 0.3) is 0 Å². The molecule has 1 aliphatic rings. The molecule has 2 rings (SSSR count). The summed E-state index contributed by atoms with van der Waals surface area (Å²) in [4.78, 5) is 0. The van der Waals surface area contributed by atoms with Gasteiger partial charge >= 0.3 is 0 Å². The van der Waals surface area contributed by atoms with Gasteiger partial charge in [-0.15, -0.1) is 0 Å². The standard InChI is InChI=1S/C12H21N3O/c1-4-5-13-10-7-15-12(16-8-10)11(6-14-15)9(2)3/h6,9-10,13H,4-5,7-8H2,1-3H3. The van der Waals surface area contributed by atoms with Crippen molar-refractivity contribution in [3.8, 4) is 5.88 Å². The maximum absolute atomic E-state index is 5.80. The van der Waals surface area contributed by atoms with E-state index in [9.17, 15) is 0 Å². The molecule has 0 saturated heterocycles. The number of hydrogen-bond donors (Lipinski definition) is 1. The molecule has 1 N–H and O–H groups in total. The molecule has 1 aromatic rings. The van der Waals surface area contributed by atoms with Crippen molar-refractivity contribution in [3.05, 3.63) is 11.8 Å². The van der Waals surface area contributed by atoms with Crippen LogP contribution in [0.1, 0.15) is 38.7 Å². The SMILES string of the molecule is CCCNC1COc2c(C(C)C)cnn2C1. The molecule has 90 valence electrons. The molecule has 0 amide bonds. The lowest BCUT2D eigenvalue weighted by Crippen LogP contribution is -2.42. The second-order valence-electron chi connectivity index (χ2n) is 4.70. The maximum atomic E-state index is 5.80. The van der Waals surface area contributed by atoms with E-state index in [4.69, 9.17) is 4.74 Å². The molecular weight excluding hydrogens is 202 g/mol. The van der Waals surface area contributed by atoms with Gasteiger partial charge in [0.15, 0.2) is 0 Å². The zero-order chi connectivity index (χ0) is 11.5. The minimum Gasteiger partial charge on any atom is -0.476 e.